The van der Waals surface area contributed by atoms with Crippen molar-refractivity contribution in [2.24, 2.45) is 0 Å². The Bertz CT molecular complexity index is 1610. The number of nitrogens with zero attached hydrogens (tertiary/aromatic N) is 2. The molecule has 0 unspecified atom stereocenters. The molecule has 0 aliphatic carbocycles. The van der Waals surface area contributed by atoms with Gasteiger partial charge in [0, 0.05) is 29.5 Å². The number of hydrogen-bond acceptors (Lipinski definition) is 7. The molecule has 36 heavy (non-hydrogen) atoms. The zero-order valence-corrected chi connectivity index (χ0v) is 19.0. The molecule has 9 heteroatoms. The van der Waals surface area contributed by atoms with Crippen LogP contribution < -0.4 is 10.1 Å². The normalized spacial score (nSPS) is 11.1. The summed E-state index contributed by atoms with van der Waals surface area (Å²) in [6.45, 7) is 0. The van der Waals surface area contributed by atoms with Gasteiger partial charge in [0.05, 0.1) is 17.6 Å². The van der Waals surface area contributed by atoms with E-state index in [0.29, 0.717) is 51.1 Å². The average Bonchev–Trinajstić information content (AvgIpc) is 3.54. The van der Waals surface area contributed by atoms with Gasteiger partial charge in [-0.1, -0.05) is 18.2 Å². The zero-order chi connectivity index (χ0) is 25.1. The first-order chi connectivity index (χ1) is 17.5. The predicted molar refractivity (Wildman–Crippen MR) is 134 cm³/mol. The zero-order valence-electron chi connectivity index (χ0n) is 19.0. The van der Waals surface area contributed by atoms with Gasteiger partial charge in [-0.25, -0.2) is 4.98 Å². The van der Waals surface area contributed by atoms with E-state index in [1.807, 2.05) is 6.07 Å². The lowest BCUT2D eigenvalue weighted by atomic mass is 10.1. The fourth-order valence-corrected chi connectivity index (χ4v) is 3.66. The Balaban J connectivity index is 1.29. The fourth-order valence-electron chi connectivity index (χ4n) is 3.66. The molecule has 5 aromatic rings. The second-order valence-corrected chi connectivity index (χ2v) is 7.73. The lowest BCUT2D eigenvalue weighted by Gasteiger charge is -2.03. The number of nitrogens with one attached hydrogen (secondary N) is 1. The van der Waals surface area contributed by atoms with Gasteiger partial charge >= 0.3 is 0 Å². The number of ether oxygens (including phenoxy) is 1. The second kappa shape index (κ2) is 9.59. The van der Waals surface area contributed by atoms with Crippen molar-refractivity contribution in [2.75, 3.05) is 12.4 Å². The Labute approximate surface area is 204 Å². The lowest BCUT2D eigenvalue weighted by Crippen LogP contribution is -2.07. The summed E-state index contributed by atoms with van der Waals surface area (Å²) in [4.78, 5) is 27.8. The van der Waals surface area contributed by atoms with Crippen molar-refractivity contribution in [2.45, 2.75) is 0 Å². The minimum Gasteiger partial charge on any atom is -0.497 e. The van der Waals surface area contributed by atoms with Crippen LogP contribution in [0.15, 0.2) is 93.8 Å². The minimum atomic E-state index is -0.466. The van der Waals surface area contributed by atoms with Crippen LogP contribution in [0.4, 0.5) is 11.4 Å². The summed E-state index contributed by atoms with van der Waals surface area (Å²) < 4.78 is 16.7. The van der Waals surface area contributed by atoms with Crippen LogP contribution in [0.2, 0.25) is 0 Å². The molecule has 2 heterocycles. The molecule has 0 aliphatic heterocycles. The fraction of sp³-hybridized carbons (Fsp3) is 0.0370. The average molecular weight is 481 g/mol. The summed E-state index contributed by atoms with van der Waals surface area (Å²) in [6.07, 6.45) is 2.81. The molecule has 0 saturated carbocycles. The number of carbonyl (C=O) groups is 1. The summed E-state index contributed by atoms with van der Waals surface area (Å²) in [6, 6.07) is 22.1. The van der Waals surface area contributed by atoms with E-state index in [1.165, 1.54) is 18.2 Å². The molecule has 0 atom stereocenters. The molecular formula is C27H19N3O6. The third-order valence-corrected chi connectivity index (χ3v) is 5.36. The Hall–Kier alpha value is -5.18. The summed E-state index contributed by atoms with van der Waals surface area (Å²) in [7, 11) is 1.59. The van der Waals surface area contributed by atoms with Crippen molar-refractivity contribution in [1.82, 2.24) is 4.98 Å². The van der Waals surface area contributed by atoms with Gasteiger partial charge < -0.3 is 18.9 Å². The predicted octanol–water partition coefficient (Wildman–Crippen LogP) is 6.32. The van der Waals surface area contributed by atoms with Crippen LogP contribution in [-0.4, -0.2) is 22.9 Å². The van der Waals surface area contributed by atoms with Gasteiger partial charge in [-0.05, 0) is 54.6 Å². The number of anilines is 1. The number of oxazole rings is 1. The minimum absolute atomic E-state index is 0.0573. The van der Waals surface area contributed by atoms with E-state index in [9.17, 15) is 14.9 Å². The van der Waals surface area contributed by atoms with Gasteiger partial charge in [-0.3, -0.25) is 14.9 Å². The van der Waals surface area contributed by atoms with Gasteiger partial charge in [0.2, 0.25) is 11.8 Å². The standard InChI is InChI=1S/C27H19N3O6/c1-34-20-10-13-25-22(16-20)29-27(36-25)17-5-4-6-18(15-17)28-26(31)14-11-19-9-12-24(35-19)21-7-2-3-8-23(21)30(32)33/h2-16H,1H3,(H,28,31)/b14-11+. The van der Waals surface area contributed by atoms with Gasteiger partial charge in [0.15, 0.2) is 5.58 Å². The van der Waals surface area contributed by atoms with Crippen LogP contribution in [0.5, 0.6) is 5.75 Å². The van der Waals surface area contributed by atoms with Gasteiger partial charge in [-0.2, -0.15) is 0 Å². The van der Waals surface area contributed by atoms with E-state index in [1.54, 1.807) is 73.8 Å². The SMILES string of the molecule is COc1ccc2oc(-c3cccc(NC(=O)/C=C/c4ccc(-c5ccccc5[N+](=O)[O-])o4)c3)nc2c1. The Kier molecular flexibility index (Phi) is 6.02. The van der Waals surface area contributed by atoms with E-state index in [4.69, 9.17) is 13.6 Å². The van der Waals surface area contributed by atoms with Crippen molar-refractivity contribution in [3.05, 3.63) is 101 Å². The van der Waals surface area contributed by atoms with Gasteiger partial charge in [0.25, 0.3) is 5.69 Å². The lowest BCUT2D eigenvalue weighted by molar-refractivity contribution is -0.384. The molecule has 0 bridgehead atoms. The van der Waals surface area contributed by atoms with E-state index >= 15 is 0 Å². The van der Waals surface area contributed by atoms with E-state index in [-0.39, 0.29) is 11.6 Å². The number of fused-ring (bicyclic) bond motifs is 1. The quantitative estimate of drug-likeness (QED) is 0.164. The van der Waals surface area contributed by atoms with Gasteiger partial charge in [-0.15, -0.1) is 0 Å². The summed E-state index contributed by atoms with van der Waals surface area (Å²) in [5, 5.41) is 14.0. The molecule has 9 nitrogen and oxygen atoms in total. The molecule has 0 radical (unpaired) electrons. The molecule has 5 rings (SSSR count). The first kappa shape index (κ1) is 22.6. The van der Waals surface area contributed by atoms with Crippen molar-refractivity contribution < 1.29 is 23.3 Å². The van der Waals surface area contributed by atoms with Crippen LogP contribution in [0.3, 0.4) is 0 Å². The number of amides is 1. The smallest absolute Gasteiger partial charge is 0.280 e. The third kappa shape index (κ3) is 4.71. The maximum atomic E-state index is 12.5. The number of hydrogen-bond donors (Lipinski definition) is 1. The van der Waals surface area contributed by atoms with Gasteiger partial charge in [0.1, 0.15) is 22.8 Å². The first-order valence-corrected chi connectivity index (χ1v) is 10.9. The number of para-hydroxylation sites is 1. The molecule has 2 aromatic heterocycles. The number of carbonyl (C=O) groups excluding carboxylic acids is 1. The van der Waals surface area contributed by atoms with Crippen molar-refractivity contribution in [3.63, 3.8) is 0 Å². The first-order valence-electron chi connectivity index (χ1n) is 10.9. The van der Waals surface area contributed by atoms with E-state index < -0.39 is 4.92 Å². The number of furan rings is 1. The van der Waals surface area contributed by atoms with Crippen molar-refractivity contribution in [1.29, 1.82) is 0 Å². The largest absolute Gasteiger partial charge is 0.497 e. The number of benzene rings is 3. The van der Waals surface area contributed by atoms with Crippen LogP contribution in [-0.2, 0) is 4.79 Å². The molecule has 0 fully saturated rings. The number of nitro groups is 1. The summed E-state index contributed by atoms with van der Waals surface area (Å²) >= 11 is 0. The maximum absolute atomic E-state index is 12.5. The summed E-state index contributed by atoms with van der Waals surface area (Å²) in [5.41, 5.74) is 2.86. The molecule has 0 aliphatic rings. The second-order valence-electron chi connectivity index (χ2n) is 7.73. The number of rotatable bonds is 7. The van der Waals surface area contributed by atoms with Crippen molar-refractivity contribution in [3.8, 4) is 28.5 Å². The number of aromatic nitrogens is 1. The molecule has 178 valence electrons. The van der Waals surface area contributed by atoms with Crippen LogP contribution in [0.1, 0.15) is 5.76 Å². The molecular weight excluding hydrogens is 462 g/mol. The molecule has 0 spiro atoms. The highest BCUT2D eigenvalue weighted by Gasteiger charge is 2.17. The van der Waals surface area contributed by atoms with E-state index in [2.05, 4.69) is 10.3 Å². The highest BCUT2D eigenvalue weighted by Crippen LogP contribution is 2.31. The molecule has 0 saturated heterocycles. The number of methoxy groups -OCH3 is 1. The van der Waals surface area contributed by atoms with Crippen LogP contribution >= 0.6 is 0 Å². The van der Waals surface area contributed by atoms with Crippen LogP contribution in [0.25, 0.3) is 40.0 Å². The molecule has 3 aromatic carbocycles. The topological polar surface area (TPSA) is 121 Å². The molecule has 1 N–H and O–H groups in total. The Morgan fingerprint density at radius 2 is 1.89 bits per heavy atom. The van der Waals surface area contributed by atoms with Crippen molar-refractivity contribution >= 4 is 34.5 Å². The third-order valence-electron chi connectivity index (χ3n) is 5.36. The molecule has 1 amide bonds. The Morgan fingerprint density at radius 1 is 1.03 bits per heavy atom. The van der Waals surface area contributed by atoms with Crippen LogP contribution in [0, 0.1) is 10.1 Å². The maximum Gasteiger partial charge on any atom is 0.280 e. The Morgan fingerprint density at radius 3 is 2.72 bits per heavy atom. The number of nitro benzene ring substituents is 1. The monoisotopic (exact) mass is 481 g/mol. The summed E-state index contributed by atoms with van der Waals surface area (Å²) in [5.74, 6) is 1.45. The highest BCUT2D eigenvalue weighted by atomic mass is 16.6. The highest BCUT2D eigenvalue weighted by molar-refractivity contribution is 6.02. The van der Waals surface area contributed by atoms with E-state index in [0.717, 1.165) is 0 Å².